The average Bonchev–Trinajstić information content (AvgIpc) is 2.62. The number of ether oxygens (including phenoxy) is 1. The summed E-state index contributed by atoms with van der Waals surface area (Å²) in [6.07, 6.45) is 0.0144. The molecule has 124 valence electrons. The van der Waals surface area contributed by atoms with Crippen molar-refractivity contribution in [2.45, 2.75) is 12.5 Å². The van der Waals surface area contributed by atoms with Crippen LogP contribution in [0.4, 0.5) is 5.69 Å². The number of amides is 1. The molecule has 1 amide bonds. The lowest BCUT2D eigenvalue weighted by molar-refractivity contribution is -0.385. The van der Waals surface area contributed by atoms with Crippen molar-refractivity contribution < 1.29 is 14.5 Å². The summed E-state index contributed by atoms with van der Waals surface area (Å²) in [6.45, 7) is 1.40. The van der Waals surface area contributed by atoms with Crippen LogP contribution >= 0.6 is 0 Å². The molecule has 0 N–H and O–H groups in total. The van der Waals surface area contributed by atoms with Gasteiger partial charge in [-0.3, -0.25) is 14.9 Å². The number of nitro groups is 1. The Morgan fingerprint density at radius 1 is 1.17 bits per heavy atom. The van der Waals surface area contributed by atoms with Gasteiger partial charge in [0.2, 0.25) is 5.91 Å². The van der Waals surface area contributed by atoms with Crippen LogP contribution in [0.1, 0.15) is 17.2 Å². The van der Waals surface area contributed by atoms with E-state index in [1.54, 1.807) is 23.1 Å². The fraction of sp³-hybridized carbons (Fsp3) is 0.278. The minimum absolute atomic E-state index is 0.0144. The SMILES string of the molecule is O=C(Cc1ccccc1[N+](=O)[O-])N1CCOC[C@H]1c1ccccc1. The van der Waals surface area contributed by atoms with Crippen LogP contribution < -0.4 is 0 Å². The highest BCUT2D eigenvalue weighted by Gasteiger charge is 2.29. The van der Waals surface area contributed by atoms with Gasteiger partial charge in [0.15, 0.2) is 0 Å². The fourth-order valence-corrected chi connectivity index (χ4v) is 2.96. The molecule has 0 saturated carbocycles. The zero-order valence-corrected chi connectivity index (χ0v) is 13.1. The zero-order chi connectivity index (χ0) is 16.9. The molecule has 6 heteroatoms. The van der Waals surface area contributed by atoms with E-state index in [4.69, 9.17) is 4.74 Å². The Hall–Kier alpha value is -2.73. The van der Waals surface area contributed by atoms with Crippen LogP contribution in [-0.4, -0.2) is 35.5 Å². The van der Waals surface area contributed by atoms with Crippen molar-refractivity contribution in [1.29, 1.82) is 0 Å². The second-order valence-electron chi connectivity index (χ2n) is 5.65. The second kappa shape index (κ2) is 7.23. The van der Waals surface area contributed by atoms with Crippen LogP contribution in [0.3, 0.4) is 0 Å². The summed E-state index contributed by atoms with van der Waals surface area (Å²) in [4.78, 5) is 25.2. The highest BCUT2D eigenvalue weighted by Crippen LogP contribution is 2.26. The van der Waals surface area contributed by atoms with Crippen LogP contribution in [-0.2, 0) is 16.0 Å². The Balaban J connectivity index is 1.82. The van der Waals surface area contributed by atoms with Gasteiger partial charge in [0.25, 0.3) is 5.69 Å². The maximum absolute atomic E-state index is 12.8. The van der Waals surface area contributed by atoms with Crippen LogP contribution in [0.2, 0.25) is 0 Å². The summed E-state index contributed by atoms with van der Waals surface area (Å²) < 4.78 is 5.53. The lowest BCUT2D eigenvalue weighted by Crippen LogP contribution is -2.44. The zero-order valence-electron chi connectivity index (χ0n) is 13.1. The van der Waals surface area contributed by atoms with E-state index in [0.717, 1.165) is 5.56 Å². The van der Waals surface area contributed by atoms with Gasteiger partial charge in [-0.05, 0) is 5.56 Å². The predicted octanol–water partition coefficient (Wildman–Crippen LogP) is 2.74. The highest BCUT2D eigenvalue weighted by molar-refractivity contribution is 5.80. The molecule has 0 radical (unpaired) electrons. The smallest absolute Gasteiger partial charge is 0.273 e. The summed E-state index contributed by atoms with van der Waals surface area (Å²) in [5.74, 6) is -0.124. The maximum Gasteiger partial charge on any atom is 0.273 e. The molecule has 24 heavy (non-hydrogen) atoms. The van der Waals surface area contributed by atoms with Gasteiger partial charge < -0.3 is 9.64 Å². The Labute approximate surface area is 139 Å². The van der Waals surface area contributed by atoms with E-state index in [1.807, 2.05) is 30.3 Å². The molecule has 1 aliphatic heterocycles. The molecule has 2 aromatic rings. The van der Waals surface area contributed by atoms with E-state index in [-0.39, 0.29) is 24.1 Å². The average molecular weight is 326 g/mol. The van der Waals surface area contributed by atoms with Gasteiger partial charge in [-0.2, -0.15) is 0 Å². The third-order valence-corrected chi connectivity index (χ3v) is 4.16. The largest absolute Gasteiger partial charge is 0.377 e. The number of nitrogens with zero attached hydrogens (tertiary/aromatic N) is 2. The number of rotatable bonds is 4. The molecule has 0 spiro atoms. The quantitative estimate of drug-likeness (QED) is 0.640. The van der Waals surface area contributed by atoms with E-state index < -0.39 is 4.92 Å². The van der Waals surface area contributed by atoms with Crippen molar-refractivity contribution in [3.8, 4) is 0 Å². The van der Waals surface area contributed by atoms with Gasteiger partial charge >= 0.3 is 0 Å². The Bertz CT molecular complexity index is 733. The van der Waals surface area contributed by atoms with Gasteiger partial charge in [-0.25, -0.2) is 0 Å². The standard InChI is InChI=1S/C18H18N2O4/c21-18(12-15-8-4-5-9-16(15)20(22)23)19-10-11-24-13-17(19)14-6-2-1-3-7-14/h1-9,17H,10-13H2/t17-/m0/s1. The third kappa shape index (κ3) is 3.44. The number of carbonyl (C=O) groups is 1. The van der Waals surface area contributed by atoms with Crippen LogP contribution in [0.15, 0.2) is 54.6 Å². The predicted molar refractivity (Wildman–Crippen MR) is 88.5 cm³/mol. The molecule has 1 fully saturated rings. The first-order chi connectivity index (χ1) is 11.7. The van der Waals surface area contributed by atoms with Crippen molar-refractivity contribution >= 4 is 11.6 Å². The summed E-state index contributed by atoms with van der Waals surface area (Å²) >= 11 is 0. The second-order valence-corrected chi connectivity index (χ2v) is 5.65. The Morgan fingerprint density at radius 2 is 1.88 bits per heavy atom. The van der Waals surface area contributed by atoms with E-state index in [0.29, 0.717) is 25.3 Å². The molecule has 1 saturated heterocycles. The first kappa shape index (κ1) is 16.1. The number of hydrogen-bond acceptors (Lipinski definition) is 4. The normalized spacial score (nSPS) is 17.5. The number of nitro benzene ring substituents is 1. The van der Waals surface area contributed by atoms with E-state index in [1.165, 1.54) is 6.07 Å². The Kier molecular flexibility index (Phi) is 4.86. The molecule has 1 aliphatic rings. The summed E-state index contributed by atoms with van der Waals surface area (Å²) in [6, 6.07) is 15.9. The van der Waals surface area contributed by atoms with E-state index >= 15 is 0 Å². The van der Waals surface area contributed by atoms with Crippen molar-refractivity contribution in [1.82, 2.24) is 4.90 Å². The lowest BCUT2D eigenvalue weighted by Gasteiger charge is -2.36. The van der Waals surface area contributed by atoms with Crippen LogP contribution in [0, 0.1) is 10.1 Å². The Morgan fingerprint density at radius 3 is 2.62 bits per heavy atom. The fourth-order valence-electron chi connectivity index (χ4n) is 2.96. The topological polar surface area (TPSA) is 72.7 Å². The summed E-state index contributed by atoms with van der Waals surface area (Å²) in [5.41, 5.74) is 1.43. The first-order valence-electron chi connectivity index (χ1n) is 7.81. The molecular formula is C18H18N2O4. The van der Waals surface area contributed by atoms with Crippen LogP contribution in [0.5, 0.6) is 0 Å². The minimum atomic E-state index is -0.448. The number of morpholine rings is 1. The summed E-state index contributed by atoms with van der Waals surface area (Å²) in [7, 11) is 0. The summed E-state index contributed by atoms with van der Waals surface area (Å²) in [5, 5.41) is 11.1. The molecule has 6 nitrogen and oxygen atoms in total. The van der Waals surface area contributed by atoms with Gasteiger partial charge in [-0.1, -0.05) is 48.5 Å². The molecule has 0 bridgehead atoms. The van der Waals surface area contributed by atoms with Gasteiger partial charge in [0.1, 0.15) is 0 Å². The number of benzene rings is 2. The van der Waals surface area contributed by atoms with Gasteiger partial charge in [0, 0.05) is 18.2 Å². The molecular weight excluding hydrogens is 308 g/mol. The number of para-hydroxylation sites is 1. The van der Waals surface area contributed by atoms with Crippen LogP contribution in [0.25, 0.3) is 0 Å². The van der Waals surface area contributed by atoms with E-state index in [2.05, 4.69) is 0 Å². The molecule has 0 aliphatic carbocycles. The molecule has 2 aromatic carbocycles. The lowest BCUT2D eigenvalue weighted by atomic mass is 10.0. The van der Waals surface area contributed by atoms with Crippen molar-refractivity contribution in [2.24, 2.45) is 0 Å². The van der Waals surface area contributed by atoms with Crippen molar-refractivity contribution in [3.63, 3.8) is 0 Å². The third-order valence-electron chi connectivity index (χ3n) is 4.16. The van der Waals surface area contributed by atoms with Gasteiger partial charge in [0.05, 0.1) is 30.6 Å². The minimum Gasteiger partial charge on any atom is -0.377 e. The molecule has 1 heterocycles. The first-order valence-corrected chi connectivity index (χ1v) is 7.81. The number of carbonyl (C=O) groups excluding carboxylic acids is 1. The maximum atomic E-state index is 12.8. The van der Waals surface area contributed by atoms with Crippen molar-refractivity contribution in [3.05, 3.63) is 75.8 Å². The monoisotopic (exact) mass is 326 g/mol. The van der Waals surface area contributed by atoms with Gasteiger partial charge in [-0.15, -0.1) is 0 Å². The van der Waals surface area contributed by atoms with E-state index in [9.17, 15) is 14.9 Å². The molecule has 3 rings (SSSR count). The molecule has 0 aromatic heterocycles. The molecule has 0 unspecified atom stereocenters. The molecule has 1 atom stereocenters. The highest BCUT2D eigenvalue weighted by atomic mass is 16.6. The number of hydrogen-bond donors (Lipinski definition) is 0. The van der Waals surface area contributed by atoms with Crippen molar-refractivity contribution in [2.75, 3.05) is 19.8 Å².